The summed E-state index contributed by atoms with van der Waals surface area (Å²) in [4.78, 5) is 18.0. The highest BCUT2D eigenvalue weighted by Gasteiger charge is 2.27. The number of phenolic OH excluding ortho intramolecular Hbond substituents is 1. The minimum atomic E-state index is -0.186. The fraction of sp³-hybridized carbons (Fsp3) is 0.353. The predicted molar refractivity (Wildman–Crippen MR) is 94.7 cm³/mol. The van der Waals surface area contributed by atoms with Crippen LogP contribution in [0.15, 0.2) is 24.3 Å². The third-order valence-corrected chi connectivity index (χ3v) is 5.61. The molecular weight excluding hydrogens is 364 g/mol. The Bertz CT molecular complexity index is 802. The van der Waals surface area contributed by atoms with Crippen LogP contribution in [0.5, 0.6) is 17.2 Å². The van der Waals surface area contributed by atoms with Crippen LogP contribution in [-0.2, 0) is 6.54 Å². The minimum Gasteiger partial charge on any atom is -0.507 e. The zero-order valence-electron chi connectivity index (χ0n) is 13.4. The van der Waals surface area contributed by atoms with Gasteiger partial charge in [0.25, 0.3) is 5.91 Å². The van der Waals surface area contributed by atoms with E-state index < -0.39 is 0 Å². The number of halogens is 1. The van der Waals surface area contributed by atoms with E-state index in [-0.39, 0.29) is 24.0 Å². The molecule has 6 nitrogen and oxygen atoms in total. The molecule has 3 heterocycles. The van der Waals surface area contributed by atoms with Gasteiger partial charge in [0.2, 0.25) is 6.79 Å². The third-order valence-electron chi connectivity index (χ3n) is 4.39. The number of carbonyl (C=O) groups excluding carboxylic acids is 1. The first-order valence-electron chi connectivity index (χ1n) is 7.98. The predicted octanol–water partition coefficient (Wildman–Crippen LogP) is 2.79. The SMILES string of the molecule is O=C(c1cc2c(cc1O)OCO2)N1CCN(Cc2ccc(Cl)s2)CC1. The van der Waals surface area contributed by atoms with Crippen molar-refractivity contribution in [3.8, 4) is 17.2 Å². The number of nitrogens with zero attached hydrogens (tertiary/aromatic N) is 2. The van der Waals surface area contributed by atoms with Crippen molar-refractivity contribution in [1.29, 1.82) is 0 Å². The molecule has 0 spiro atoms. The molecule has 1 aromatic heterocycles. The minimum absolute atomic E-state index is 0.0788. The first-order chi connectivity index (χ1) is 12.1. The van der Waals surface area contributed by atoms with E-state index >= 15 is 0 Å². The third kappa shape index (κ3) is 3.40. The molecule has 0 unspecified atom stereocenters. The number of amides is 1. The largest absolute Gasteiger partial charge is 0.507 e. The molecule has 0 saturated carbocycles. The van der Waals surface area contributed by atoms with Gasteiger partial charge >= 0.3 is 0 Å². The molecule has 1 N–H and O–H groups in total. The Kier molecular flexibility index (Phi) is 4.45. The lowest BCUT2D eigenvalue weighted by atomic mass is 10.1. The van der Waals surface area contributed by atoms with Crippen molar-refractivity contribution in [3.05, 3.63) is 39.0 Å². The van der Waals surface area contributed by atoms with Crippen LogP contribution in [-0.4, -0.2) is 53.8 Å². The second-order valence-corrected chi connectivity index (χ2v) is 7.80. The Balaban J connectivity index is 1.40. The molecule has 8 heteroatoms. The number of benzene rings is 1. The molecule has 2 aliphatic heterocycles. The fourth-order valence-corrected chi connectivity index (χ4v) is 4.17. The molecule has 4 rings (SSSR count). The number of hydrogen-bond acceptors (Lipinski definition) is 6. The van der Waals surface area contributed by atoms with Crippen molar-refractivity contribution in [2.45, 2.75) is 6.54 Å². The van der Waals surface area contributed by atoms with Crippen LogP contribution in [0.4, 0.5) is 0 Å². The number of thiophene rings is 1. The molecule has 1 amide bonds. The Labute approximate surface area is 154 Å². The number of piperazine rings is 1. The Morgan fingerprint density at radius 3 is 2.56 bits per heavy atom. The summed E-state index contributed by atoms with van der Waals surface area (Å²) in [6.07, 6.45) is 0. The van der Waals surface area contributed by atoms with Crippen LogP contribution in [0.1, 0.15) is 15.2 Å². The summed E-state index contributed by atoms with van der Waals surface area (Å²) in [6, 6.07) is 6.94. The molecule has 0 bridgehead atoms. The number of hydrogen-bond donors (Lipinski definition) is 1. The molecule has 25 heavy (non-hydrogen) atoms. The summed E-state index contributed by atoms with van der Waals surface area (Å²) >= 11 is 7.55. The average Bonchev–Trinajstić information content (AvgIpc) is 3.22. The molecule has 2 aliphatic rings. The molecule has 0 aliphatic carbocycles. The van der Waals surface area contributed by atoms with Gasteiger partial charge in [-0.2, -0.15) is 0 Å². The normalized spacial score (nSPS) is 17.1. The highest BCUT2D eigenvalue weighted by atomic mass is 35.5. The highest BCUT2D eigenvalue weighted by Crippen LogP contribution is 2.38. The Morgan fingerprint density at radius 2 is 1.88 bits per heavy atom. The van der Waals surface area contributed by atoms with Crippen molar-refractivity contribution in [1.82, 2.24) is 9.80 Å². The topological polar surface area (TPSA) is 62.2 Å². The molecule has 132 valence electrons. The molecule has 2 aromatic rings. The zero-order valence-corrected chi connectivity index (χ0v) is 15.0. The van der Waals surface area contributed by atoms with Gasteiger partial charge in [-0.15, -0.1) is 11.3 Å². The van der Waals surface area contributed by atoms with E-state index in [0.29, 0.717) is 24.6 Å². The van der Waals surface area contributed by atoms with Gasteiger partial charge < -0.3 is 19.5 Å². The summed E-state index contributed by atoms with van der Waals surface area (Å²) in [5.74, 6) is 0.697. The van der Waals surface area contributed by atoms with Gasteiger partial charge in [-0.3, -0.25) is 9.69 Å². The molecular formula is C17H17ClN2O4S. The molecule has 1 aromatic carbocycles. The van der Waals surface area contributed by atoms with E-state index in [1.807, 2.05) is 12.1 Å². The van der Waals surface area contributed by atoms with E-state index in [1.54, 1.807) is 22.3 Å². The van der Waals surface area contributed by atoms with Gasteiger partial charge in [0.1, 0.15) is 5.75 Å². The Morgan fingerprint density at radius 1 is 1.16 bits per heavy atom. The smallest absolute Gasteiger partial charge is 0.257 e. The second kappa shape index (κ2) is 6.74. The van der Waals surface area contributed by atoms with E-state index in [9.17, 15) is 9.90 Å². The number of ether oxygens (including phenoxy) is 2. The van der Waals surface area contributed by atoms with Crippen molar-refractivity contribution in [2.24, 2.45) is 0 Å². The average molecular weight is 381 g/mol. The first kappa shape index (κ1) is 16.5. The summed E-state index contributed by atoms with van der Waals surface area (Å²) in [7, 11) is 0. The molecule has 1 fully saturated rings. The Hall–Kier alpha value is -1.96. The molecule has 0 radical (unpaired) electrons. The molecule has 0 atom stereocenters. The summed E-state index contributed by atoms with van der Waals surface area (Å²) in [6.45, 7) is 3.75. The van der Waals surface area contributed by atoms with E-state index in [0.717, 1.165) is 24.0 Å². The van der Waals surface area contributed by atoms with Crippen molar-refractivity contribution < 1.29 is 19.4 Å². The van der Waals surface area contributed by atoms with Crippen LogP contribution in [0.2, 0.25) is 4.34 Å². The van der Waals surface area contributed by atoms with Gasteiger partial charge in [-0.05, 0) is 12.1 Å². The van der Waals surface area contributed by atoms with Crippen LogP contribution in [0.3, 0.4) is 0 Å². The number of carbonyl (C=O) groups is 1. The van der Waals surface area contributed by atoms with Gasteiger partial charge in [-0.1, -0.05) is 11.6 Å². The maximum absolute atomic E-state index is 12.7. The highest BCUT2D eigenvalue weighted by molar-refractivity contribution is 7.16. The lowest BCUT2D eigenvalue weighted by Gasteiger charge is -2.34. The maximum Gasteiger partial charge on any atom is 0.257 e. The lowest BCUT2D eigenvalue weighted by Crippen LogP contribution is -2.48. The van der Waals surface area contributed by atoms with Crippen LogP contribution >= 0.6 is 22.9 Å². The number of rotatable bonds is 3. The van der Waals surface area contributed by atoms with Crippen molar-refractivity contribution in [2.75, 3.05) is 33.0 Å². The maximum atomic E-state index is 12.7. The monoisotopic (exact) mass is 380 g/mol. The first-order valence-corrected chi connectivity index (χ1v) is 9.18. The molecule has 1 saturated heterocycles. The van der Waals surface area contributed by atoms with Crippen LogP contribution < -0.4 is 9.47 Å². The quantitative estimate of drug-likeness (QED) is 0.887. The zero-order chi connectivity index (χ0) is 17.4. The standard InChI is InChI=1S/C17H17ClN2O4S/c18-16-2-1-11(25-16)9-19-3-5-20(6-4-19)17(22)12-7-14-15(8-13(12)21)24-10-23-14/h1-2,7-8,21H,3-6,9-10H2. The summed E-state index contributed by atoms with van der Waals surface area (Å²) < 4.78 is 11.3. The van der Waals surface area contributed by atoms with E-state index in [2.05, 4.69) is 4.90 Å². The van der Waals surface area contributed by atoms with Gasteiger partial charge in [0.15, 0.2) is 11.5 Å². The second-order valence-electron chi connectivity index (χ2n) is 6.00. The number of phenols is 1. The van der Waals surface area contributed by atoms with Crippen LogP contribution in [0.25, 0.3) is 0 Å². The summed E-state index contributed by atoms with van der Waals surface area (Å²) in [5, 5.41) is 10.1. The number of fused-ring (bicyclic) bond motifs is 1. The van der Waals surface area contributed by atoms with E-state index in [4.69, 9.17) is 21.1 Å². The fourth-order valence-electron chi connectivity index (χ4n) is 3.04. The van der Waals surface area contributed by atoms with Gasteiger partial charge in [0.05, 0.1) is 9.90 Å². The summed E-state index contributed by atoms with van der Waals surface area (Å²) in [5.41, 5.74) is 0.253. The van der Waals surface area contributed by atoms with E-state index in [1.165, 1.54) is 10.9 Å². The van der Waals surface area contributed by atoms with Gasteiger partial charge in [-0.25, -0.2) is 0 Å². The van der Waals surface area contributed by atoms with Crippen molar-refractivity contribution >= 4 is 28.8 Å². The lowest BCUT2D eigenvalue weighted by molar-refractivity contribution is 0.0626. The number of aromatic hydroxyl groups is 1. The van der Waals surface area contributed by atoms with Crippen LogP contribution in [0, 0.1) is 0 Å². The van der Waals surface area contributed by atoms with Crippen molar-refractivity contribution in [3.63, 3.8) is 0 Å². The van der Waals surface area contributed by atoms with Gasteiger partial charge in [0, 0.05) is 49.7 Å².